The maximum Gasteiger partial charge on any atom is 0.118 e. The molecule has 1 aromatic rings. The summed E-state index contributed by atoms with van der Waals surface area (Å²) in [5.74, 6) is 0.914. The van der Waals surface area contributed by atoms with E-state index < -0.39 is 0 Å². The maximum atomic E-state index is 5.83. The van der Waals surface area contributed by atoms with Crippen LogP contribution < -0.4 is 10.1 Å². The largest absolute Gasteiger partial charge is 0.497 e. The average Bonchev–Trinajstić information content (AvgIpc) is 2.99. The van der Waals surface area contributed by atoms with Gasteiger partial charge in [-0.15, -0.1) is 0 Å². The fraction of sp³-hybridized carbons (Fsp3) is 0.571. The van der Waals surface area contributed by atoms with Gasteiger partial charge in [-0.05, 0) is 37.0 Å². The van der Waals surface area contributed by atoms with Crippen LogP contribution >= 0.6 is 0 Å². The van der Waals surface area contributed by atoms with Gasteiger partial charge in [-0.1, -0.05) is 12.1 Å². The summed E-state index contributed by atoms with van der Waals surface area (Å²) in [5.41, 5.74) is 1.30. The van der Waals surface area contributed by atoms with Crippen LogP contribution in [0.1, 0.15) is 24.8 Å². The van der Waals surface area contributed by atoms with Crippen LogP contribution in [-0.4, -0.2) is 25.4 Å². The Labute approximate surface area is 102 Å². The molecule has 2 aliphatic rings. The molecule has 1 N–H and O–H groups in total. The van der Waals surface area contributed by atoms with Crippen molar-refractivity contribution in [3.63, 3.8) is 0 Å². The van der Waals surface area contributed by atoms with E-state index in [4.69, 9.17) is 9.47 Å². The van der Waals surface area contributed by atoms with Gasteiger partial charge < -0.3 is 14.8 Å². The van der Waals surface area contributed by atoms with Gasteiger partial charge in [0.15, 0.2) is 0 Å². The molecule has 17 heavy (non-hydrogen) atoms. The van der Waals surface area contributed by atoms with E-state index in [1.54, 1.807) is 7.11 Å². The van der Waals surface area contributed by atoms with Crippen LogP contribution in [0.3, 0.4) is 0 Å². The second-order valence-corrected chi connectivity index (χ2v) is 4.95. The first-order valence-electron chi connectivity index (χ1n) is 6.37. The van der Waals surface area contributed by atoms with Crippen molar-refractivity contribution in [3.05, 3.63) is 29.8 Å². The number of fused-ring (bicyclic) bond motifs is 2. The molecule has 2 fully saturated rings. The molecule has 0 saturated carbocycles. The normalized spacial score (nSPS) is 30.8. The van der Waals surface area contributed by atoms with Crippen LogP contribution in [0.15, 0.2) is 24.3 Å². The van der Waals surface area contributed by atoms with Gasteiger partial charge in [0.2, 0.25) is 0 Å². The highest BCUT2D eigenvalue weighted by molar-refractivity contribution is 5.27. The van der Waals surface area contributed by atoms with E-state index in [0.29, 0.717) is 18.2 Å². The number of benzene rings is 1. The minimum Gasteiger partial charge on any atom is -0.497 e. The topological polar surface area (TPSA) is 30.5 Å². The molecule has 92 valence electrons. The van der Waals surface area contributed by atoms with Gasteiger partial charge in [-0.2, -0.15) is 0 Å². The van der Waals surface area contributed by atoms with E-state index in [-0.39, 0.29) is 0 Å². The molecule has 0 amide bonds. The summed E-state index contributed by atoms with van der Waals surface area (Å²) in [6.45, 7) is 0.918. The Bertz CT molecular complexity index is 376. The average molecular weight is 233 g/mol. The molecule has 2 aliphatic heterocycles. The highest BCUT2D eigenvalue weighted by atomic mass is 16.5. The lowest BCUT2D eigenvalue weighted by atomic mass is 9.95. The van der Waals surface area contributed by atoms with Crippen molar-refractivity contribution in [2.75, 3.05) is 7.11 Å². The monoisotopic (exact) mass is 233 g/mol. The molecule has 2 bridgehead atoms. The summed E-state index contributed by atoms with van der Waals surface area (Å²) in [4.78, 5) is 0. The quantitative estimate of drug-likeness (QED) is 0.864. The van der Waals surface area contributed by atoms with Gasteiger partial charge in [0.05, 0.1) is 19.3 Å². The van der Waals surface area contributed by atoms with Gasteiger partial charge in [0, 0.05) is 12.6 Å². The third-order valence-corrected chi connectivity index (χ3v) is 3.83. The van der Waals surface area contributed by atoms with E-state index >= 15 is 0 Å². The number of methoxy groups -OCH3 is 1. The second kappa shape index (κ2) is 4.67. The molecule has 2 saturated heterocycles. The van der Waals surface area contributed by atoms with Crippen molar-refractivity contribution >= 4 is 0 Å². The molecule has 3 unspecified atom stereocenters. The Hall–Kier alpha value is -1.06. The Kier molecular flexibility index (Phi) is 3.04. The summed E-state index contributed by atoms with van der Waals surface area (Å²) in [6, 6.07) is 8.79. The maximum absolute atomic E-state index is 5.83. The van der Waals surface area contributed by atoms with Crippen molar-refractivity contribution < 1.29 is 9.47 Å². The van der Waals surface area contributed by atoms with Crippen LogP contribution in [0.25, 0.3) is 0 Å². The smallest absolute Gasteiger partial charge is 0.118 e. The van der Waals surface area contributed by atoms with Crippen molar-refractivity contribution in [2.24, 2.45) is 0 Å². The predicted octanol–water partition coefficient (Wildman–Crippen LogP) is 2.10. The van der Waals surface area contributed by atoms with Crippen LogP contribution in [0.2, 0.25) is 0 Å². The van der Waals surface area contributed by atoms with E-state index in [9.17, 15) is 0 Å². The van der Waals surface area contributed by atoms with Gasteiger partial charge in [-0.3, -0.25) is 0 Å². The fourth-order valence-electron chi connectivity index (χ4n) is 2.84. The third kappa shape index (κ3) is 2.31. The molecule has 3 nitrogen and oxygen atoms in total. The third-order valence-electron chi connectivity index (χ3n) is 3.83. The van der Waals surface area contributed by atoms with Gasteiger partial charge in [0.25, 0.3) is 0 Å². The number of hydrogen-bond acceptors (Lipinski definition) is 3. The summed E-state index contributed by atoms with van der Waals surface area (Å²) >= 11 is 0. The SMILES string of the molecule is COc1ccc(CNC2CC3CCC2O3)cc1. The summed E-state index contributed by atoms with van der Waals surface area (Å²) in [5, 5.41) is 3.60. The second-order valence-electron chi connectivity index (χ2n) is 4.95. The molecular weight excluding hydrogens is 214 g/mol. The Morgan fingerprint density at radius 2 is 2.12 bits per heavy atom. The van der Waals surface area contributed by atoms with E-state index in [2.05, 4.69) is 17.4 Å². The van der Waals surface area contributed by atoms with Crippen LogP contribution in [0.5, 0.6) is 5.75 Å². The lowest BCUT2D eigenvalue weighted by Gasteiger charge is -2.20. The first kappa shape index (κ1) is 11.1. The first-order chi connectivity index (χ1) is 8.35. The zero-order valence-electron chi connectivity index (χ0n) is 10.2. The minimum absolute atomic E-state index is 0.457. The van der Waals surface area contributed by atoms with Gasteiger partial charge >= 0.3 is 0 Å². The zero-order valence-corrected chi connectivity index (χ0v) is 10.2. The van der Waals surface area contributed by atoms with E-state index in [1.165, 1.54) is 24.8 Å². The molecule has 1 aromatic carbocycles. The van der Waals surface area contributed by atoms with Crippen molar-refractivity contribution in [1.29, 1.82) is 0 Å². The number of ether oxygens (including phenoxy) is 2. The van der Waals surface area contributed by atoms with E-state index in [0.717, 1.165) is 12.3 Å². The number of hydrogen-bond donors (Lipinski definition) is 1. The van der Waals surface area contributed by atoms with Gasteiger partial charge in [-0.25, -0.2) is 0 Å². The highest BCUT2D eigenvalue weighted by Crippen LogP contribution is 2.34. The van der Waals surface area contributed by atoms with Crippen LogP contribution in [-0.2, 0) is 11.3 Å². The van der Waals surface area contributed by atoms with Gasteiger partial charge in [0.1, 0.15) is 5.75 Å². The minimum atomic E-state index is 0.457. The predicted molar refractivity (Wildman–Crippen MR) is 66.1 cm³/mol. The van der Waals surface area contributed by atoms with Crippen LogP contribution in [0, 0.1) is 0 Å². The van der Waals surface area contributed by atoms with Crippen molar-refractivity contribution in [1.82, 2.24) is 5.32 Å². The van der Waals surface area contributed by atoms with Crippen molar-refractivity contribution in [3.8, 4) is 5.75 Å². The molecule has 0 radical (unpaired) electrons. The summed E-state index contributed by atoms with van der Waals surface area (Å²) in [6.07, 6.45) is 4.64. The fourth-order valence-corrected chi connectivity index (χ4v) is 2.84. The molecule has 0 aromatic heterocycles. The van der Waals surface area contributed by atoms with E-state index in [1.807, 2.05) is 12.1 Å². The molecule has 3 rings (SSSR count). The molecule has 3 atom stereocenters. The summed E-state index contributed by atoms with van der Waals surface area (Å²) in [7, 11) is 1.69. The standard InChI is InChI=1S/C14H19NO2/c1-16-11-4-2-10(3-5-11)9-15-13-8-12-6-7-14(13)17-12/h2-5,12-15H,6-9H2,1H3. The lowest BCUT2D eigenvalue weighted by Crippen LogP contribution is -2.36. The Morgan fingerprint density at radius 1 is 1.29 bits per heavy atom. The zero-order chi connectivity index (χ0) is 11.7. The number of nitrogens with one attached hydrogen (secondary N) is 1. The molecule has 0 spiro atoms. The molecule has 2 heterocycles. The molecular formula is C14H19NO2. The Balaban J connectivity index is 1.53. The number of rotatable bonds is 4. The van der Waals surface area contributed by atoms with Crippen LogP contribution in [0.4, 0.5) is 0 Å². The summed E-state index contributed by atoms with van der Waals surface area (Å²) < 4.78 is 11.0. The molecule has 3 heteroatoms. The Morgan fingerprint density at radius 3 is 2.71 bits per heavy atom. The van der Waals surface area contributed by atoms with Crippen molar-refractivity contribution in [2.45, 2.75) is 44.1 Å². The lowest BCUT2D eigenvalue weighted by molar-refractivity contribution is 0.0973. The highest BCUT2D eigenvalue weighted by Gasteiger charge is 2.40. The molecule has 0 aliphatic carbocycles. The first-order valence-corrected chi connectivity index (χ1v) is 6.37.